The lowest BCUT2D eigenvalue weighted by Gasteiger charge is -2.02. The minimum absolute atomic E-state index is 0.711. The summed E-state index contributed by atoms with van der Waals surface area (Å²) in [6.07, 6.45) is 0. The van der Waals surface area contributed by atoms with Crippen molar-refractivity contribution in [3.05, 3.63) is 60.2 Å². The Morgan fingerprint density at radius 3 is 2.00 bits per heavy atom. The fourth-order valence-electron chi connectivity index (χ4n) is 2.01. The number of fused-ring (bicyclic) bond motifs is 2. The molecular formula is C15H9N. The van der Waals surface area contributed by atoms with Gasteiger partial charge in [0, 0.05) is 0 Å². The van der Waals surface area contributed by atoms with Gasteiger partial charge in [-0.3, -0.25) is 0 Å². The molecule has 74 valence electrons. The predicted octanol–water partition coefficient (Wildman–Crippen LogP) is 3.86. The molecule has 0 aliphatic heterocycles. The molecule has 0 radical (unpaired) electrons. The van der Waals surface area contributed by atoms with Crippen molar-refractivity contribution >= 4 is 21.5 Å². The van der Waals surface area contributed by atoms with E-state index in [0.29, 0.717) is 5.56 Å². The third-order valence-corrected chi connectivity index (χ3v) is 2.83. The standard InChI is InChI=1S/C15H9N/c16-10-11-5-6-14-8-12-3-1-2-4-13(12)9-15(14)7-11/h1-9H. The van der Waals surface area contributed by atoms with Gasteiger partial charge >= 0.3 is 0 Å². The molecule has 0 fully saturated rings. The molecule has 0 unspecified atom stereocenters. The molecule has 0 atom stereocenters. The molecule has 0 N–H and O–H groups in total. The highest BCUT2D eigenvalue weighted by molar-refractivity contribution is 5.98. The van der Waals surface area contributed by atoms with Gasteiger partial charge in [0.2, 0.25) is 0 Å². The third kappa shape index (κ3) is 1.32. The second-order valence-electron chi connectivity index (χ2n) is 3.87. The van der Waals surface area contributed by atoms with E-state index in [4.69, 9.17) is 5.26 Å². The maximum atomic E-state index is 8.86. The van der Waals surface area contributed by atoms with Crippen molar-refractivity contribution in [1.29, 1.82) is 5.26 Å². The lowest BCUT2D eigenvalue weighted by Crippen LogP contribution is -1.78. The SMILES string of the molecule is N#Cc1ccc2cc3ccccc3cc2c1. The van der Waals surface area contributed by atoms with Gasteiger partial charge in [0.15, 0.2) is 0 Å². The Labute approximate surface area is 93.6 Å². The van der Waals surface area contributed by atoms with Crippen LogP contribution in [0.15, 0.2) is 54.6 Å². The lowest BCUT2D eigenvalue weighted by atomic mass is 10.0. The Balaban J connectivity index is 2.43. The van der Waals surface area contributed by atoms with Gasteiger partial charge < -0.3 is 0 Å². The summed E-state index contributed by atoms with van der Waals surface area (Å²) in [5.74, 6) is 0. The van der Waals surface area contributed by atoms with Gasteiger partial charge in [0.1, 0.15) is 0 Å². The first kappa shape index (κ1) is 8.94. The molecule has 3 aromatic carbocycles. The summed E-state index contributed by atoms with van der Waals surface area (Å²) in [7, 11) is 0. The van der Waals surface area contributed by atoms with Crippen LogP contribution in [-0.2, 0) is 0 Å². The molecule has 0 aliphatic rings. The van der Waals surface area contributed by atoms with Crippen LogP contribution in [0.1, 0.15) is 5.56 Å². The summed E-state index contributed by atoms with van der Waals surface area (Å²) in [5.41, 5.74) is 0.711. The molecule has 16 heavy (non-hydrogen) atoms. The molecule has 0 aliphatic carbocycles. The van der Waals surface area contributed by atoms with Crippen molar-refractivity contribution < 1.29 is 0 Å². The van der Waals surface area contributed by atoms with Gasteiger partial charge in [-0.05, 0) is 45.8 Å². The van der Waals surface area contributed by atoms with E-state index < -0.39 is 0 Å². The summed E-state index contributed by atoms with van der Waals surface area (Å²) >= 11 is 0. The fourth-order valence-corrected chi connectivity index (χ4v) is 2.01. The molecule has 0 heterocycles. The van der Waals surface area contributed by atoms with Crippen LogP contribution >= 0.6 is 0 Å². The van der Waals surface area contributed by atoms with Crippen LogP contribution in [0, 0.1) is 11.3 Å². The number of rotatable bonds is 0. The molecule has 0 aromatic heterocycles. The molecule has 0 amide bonds. The van der Waals surface area contributed by atoms with Crippen LogP contribution in [0.3, 0.4) is 0 Å². The van der Waals surface area contributed by atoms with E-state index in [0.717, 1.165) is 5.39 Å². The zero-order valence-electron chi connectivity index (χ0n) is 8.64. The monoisotopic (exact) mass is 203 g/mol. The lowest BCUT2D eigenvalue weighted by molar-refractivity contribution is 1.50. The van der Waals surface area contributed by atoms with Crippen LogP contribution in [-0.4, -0.2) is 0 Å². The average Bonchev–Trinajstić information content (AvgIpc) is 2.35. The second kappa shape index (κ2) is 3.36. The van der Waals surface area contributed by atoms with Gasteiger partial charge in [-0.1, -0.05) is 30.3 Å². The van der Waals surface area contributed by atoms with Crippen molar-refractivity contribution in [2.24, 2.45) is 0 Å². The van der Waals surface area contributed by atoms with E-state index in [9.17, 15) is 0 Å². The van der Waals surface area contributed by atoms with Crippen LogP contribution in [0.25, 0.3) is 21.5 Å². The maximum Gasteiger partial charge on any atom is 0.0991 e. The zero-order valence-corrected chi connectivity index (χ0v) is 8.64. The van der Waals surface area contributed by atoms with Gasteiger partial charge in [-0.15, -0.1) is 0 Å². The van der Waals surface area contributed by atoms with Gasteiger partial charge in [-0.25, -0.2) is 0 Å². The summed E-state index contributed by atoms with van der Waals surface area (Å²) in [6, 6.07) is 20.5. The highest BCUT2D eigenvalue weighted by Crippen LogP contribution is 2.23. The van der Waals surface area contributed by atoms with E-state index in [1.54, 1.807) is 0 Å². The van der Waals surface area contributed by atoms with E-state index >= 15 is 0 Å². The maximum absolute atomic E-state index is 8.86. The van der Waals surface area contributed by atoms with E-state index in [1.807, 2.05) is 30.3 Å². The summed E-state index contributed by atoms with van der Waals surface area (Å²) in [5, 5.41) is 13.6. The Morgan fingerprint density at radius 2 is 1.31 bits per heavy atom. The van der Waals surface area contributed by atoms with Gasteiger partial charge in [-0.2, -0.15) is 5.26 Å². The number of hydrogen-bond acceptors (Lipinski definition) is 1. The molecule has 0 bridgehead atoms. The number of hydrogen-bond donors (Lipinski definition) is 0. The number of nitriles is 1. The molecule has 0 spiro atoms. The number of nitrogens with zero attached hydrogens (tertiary/aromatic N) is 1. The first-order valence-corrected chi connectivity index (χ1v) is 5.19. The molecule has 3 aromatic rings. The normalized spacial score (nSPS) is 10.4. The predicted molar refractivity (Wildman–Crippen MR) is 66.2 cm³/mol. The largest absolute Gasteiger partial charge is 0.192 e. The molecule has 1 nitrogen and oxygen atoms in total. The fraction of sp³-hybridized carbons (Fsp3) is 0. The van der Waals surface area contributed by atoms with Crippen LogP contribution < -0.4 is 0 Å². The van der Waals surface area contributed by atoms with E-state index in [-0.39, 0.29) is 0 Å². The van der Waals surface area contributed by atoms with Crippen LogP contribution in [0.2, 0.25) is 0 Å². The smallest absolute Gasteiger partial charge is 0.0991 e. The Kier molecular flexibility index (Phi) is 1.88. The molecule has 3 rings (SSSR count). The van der Waals surface area contributed by atoms with Crippen LogP contribution in [0.5, 0.6) is 0 Å². The van der Waals surface area contributed by atoms with E-state index in [1.165, 1.54) is 16.2 Å². The highest BCUT2D eigenvalue weighted by atomic mass is 14.2. The van der Waals surface area contributed by atoms with Gasteiger partial charge in [0.05, 0.1) is 11.6 Å². The van der Waals surface area contributed by atoms with Gasteiger partial charge in [0.25, 0.3) is 0 Å². The third-order valence-electron chi connectivity index (χ3n) is 2.83. The van der Waals surface area contributed by atoms with Crippen molar-refractivity contribution in [2.75, 3.05) is 0 Å². The highest BCUT2D eigenvalue weighted by Gasteiger charge is 1.98. The molecule has 0 saturated heterocycles. The quantitative estimate of drug-likeness (QED) is 0.509. The van der Waals surface area contributed by atoms with Crippen molar-refractivity contribution in [3.8, 4) is 6.07 Å². The first-order valence-electron chi connectivity index (χ1n) is 5.19. The topological polar surface area (TPSA) is 23.8 Å². The summed E-state index contributed by atoms with van der Waals surface area (Å²) in [6.45, 7) is 0. The molecule has 1 heteroatoms. The van der Waals surface area contributed by atoms with Crippen LogP contribution in [0.4, 0.5) is 0 Å². The Bertz CT molecular complexity index is 720. The average molecular weight is 203 g/mol. The number of benzene rings is 3. The Hall–Kier alpha value is -2.33. The second-order valence-corrected chi connectivity index (χ2v) is 3.87. The van der Waals surface area contributed by atoms with Crippen molar-refractivity contribution in [3.63, 3.8) is 0 Å². The van der Waals surface area contributed by atoms with E-state index in [2.05, 4.69) is 30.3 Å². The van der Waals surface area contributed by atoms with Crippen molar-refractivity contribution in [2.45, 2.75) is 0 Å². The minimum Gasteiger partial charge on any atom is -0.192 e. The first-order chi connectivity index (χ1) is 7.86. The molecular weight excluding hydrogens is 194 g/mol. The molecule has 0 saturated carbocycles. The summed E-state index contributed by atoms with van der Waals surface area (Å²) < 4.78 is 0. The Morgan fingerprint density at radius 1 is 0.688 bits per heavy atom. The van der Waals surface area contributed by atoms with Crippen molar-refractivity contribution in [1.82, 2.24) is 0 Å². The zero-order chi connectivity index (χ0) is 11.0. The minimum atomic E-state index is 0.711. The summed E-state index contributed by atoms with van der Waals surface area (Å²) in [4.78, 5) is 0.